The molecule has 0 aromatic heterocycles. The first kappa shape index (κ1) is 27.1. The van der Waals surface area contributed by atoms with Gasteiger partial charge in [0.25, 0.3) is 0 Å². The number of benzene rings is 2. The average molecular weight is 508 g/mol. The van der Waals surface area contributed by atoms with E-state index < -0.39 is 0 Å². The van der Waals surface area contributed by atoms with Gasteiger partial charge in [0, 0.05) is 38.8 Å². The van der Waals surface area contributed by atoms with Crippen LogP contribution < -0.4 is 4.74 Å². The summed E-state index contributed by atoms with van der Waals surface area (Å²) in [7, 11) is 7.60. The Morgan fingerprint density at radius 3 is 2.24 bits per heavy atom. The number of nitrogens with zero attached hydrogens (tertiary/aromatic N) is 3. The first-order valence-electron chi connectivity index (χ1n) is 13.3. The van der Waals surface area contributed by atoms with Gasteiger partial charge in [-0.25, -0.2) is 4.79 Å². The molecule has 0 unspecified atom stereocenters. The third kappa shape index (κ3) is 5.68. The van der Waals surface area contributed by atoms with E-state index in [4.69, 9.17) is 9.47 Å². The highest BCUT2D eigenvalue weighted by atomic mass is 16.5. The zero-order valence-electron chi connectivity index (χ0n) is 22.7. The summed E-state index contributed by atoms with van der Waals surface area (Å²) in [6.07, 6.45) is 4.69. The monoisotopic (exact) mass is 507 g/mol. The highest BCUT2D eigenvalue weighted by Gasteiger charge is 2.54. The Labute approximate surface area is 221 Å². The van der Waals surface area contributed by atoms with Gasteiger partial charge in [-0.3, -0.25) is 9.69 Å². The fourth-order valence-electron chi connectivity index (χ4n) is 6.16. The minimum absolute atomic E-state index is 0.0343. The average Bonchev–Trinajstić information content (AvgIpc) is 3.15. The van der Waals surface area contributed by atoms with Gasteiger partial charge in [-0.1, -0.05) is 42.5 Å². The third-order valence-corrected chi connectivity index (χ3v) is 8.41. The van der Waals surface area contributed by atoms with E-state index in [1.807, 2.05) is 34.1 Å². The number of carbonyl (C=O) groups is 2. The number of hydrogen-bond acceptors (Lipinski definition) is 5. The Bertz CT molecular complexity index is 1050. The quantitative estimate of drug-likeness (QED) is 0.413. The molecule has 1 saturated carbocycles. The molecule has 7 nitrogen and oxygen atoms in total. The molecule has 2 aromatic carbocycles. The normalized spacial score (nSPS) is 23.8. The number of Topliss-reactive ketones (excluding diaryl/α,β-unsaturated/α-hetero) is 1. The van der Waals surface area contributed by atoms with Crippen molar-refractivity contribution in [3.8, 4) is 5.75 Å². The van der Waals surface area contributed by atoms with Gasteiger partial charge in [0.05, 0.1) is 19.2 Å². The summed E-state index contributed by atoms with van der Waals surface area (Å²) in [5.74, 6) is 0.896. The molecule has 2 aliphatic rings. The highest BCUT2D eigenvalue weighted by Crippen LogP contribution is 2.49. The second-order valence-electron chi connectivity index (χ2n) is 10.7. The van der Waals surface area contributed by atoms with Crippen molar-refractivity contribution in [1.29, 1.82) is 0 Å². The number of urea groups is 1. The second-order valence-corrected chi connectivity index (χ2v) is 10.7. The van der Waals surface area contributed by atoms with Gasteiger partial charge in [-0.05, 0) is 69.5 Å². The van der Waals surface area contributed by atoms with Gasteiger partial charge < -0.3 is 19.3 Å². The molecular weight excluding hydrogens is 466 g/mol. The van der Waals surface area contributed by atoms with Crippen molar-refractivity contribution in [2.24, 2.45) is 0 Å². The SMILES string of the molecule is COCCCC(=O)CN1C(=O)N(Cc2ccc(OC)cc2)CC12CCC(c1ccccc1)(N(C)C)CC2. The van der Waals surface area contributed by atoms with Crippen LogP contribution in [0, 0.1) is 0 Å². The lowest BCUT2D eigenvalue weighted by Gasteiger charge is -2.51. The summed E-state index contributed by atoms with van der Waals surface area (Å²) in [5, 5.41) is 0. The number of carbonyl (C=O) groups excluding carboxylic acids is 2. The maximum absolute atomic E-state index is 13.8. The number of amides is 2. The number of rotatable bonds is 11. The molecule has 1 spiro atoms. The highest BCUT2D eigenvalue weighted by molar-refractivity contribution is 5.87. The van der Waals surface area contributed by atoms with Gasteiger partial charge in [-0.15, -0.1) is 0 Å². The van der Waals surface area contributed by atoms with E-state index in [2.05, 4.69) is 49.3 Å². The van der Waals surface area contributed by atoms with Crippen molar-refractivity contribution in [3.63, 3.8) is 0 Å². The third-order valence-electron chi connectivity index (χ3n) is 8.41. The molecule has 0 N–H and O–H groups in total. The van der Waals surface area contributed by atoms with E-state index in [9.17, 15) is 9.59 Å². The van der Waals surface area contributed by atoms with Gasteiger partial charge >= 0.3 is 6.03 Å². The lowest BCUT2D eigenvalue weighted by molar-refractivity contribution is -0.121. The molecule has 1 saturated heterocycles. The lowest BCUT2D eigenvalue weighted by atomic mass is 9.68. The molecule has 2 fully saturated rings. The lowest BCUT2D eigenvalue weighted by Crippen LogP contribution is -2.56. The molecule has 0 bridgehead atoms. The molecule has 7 heteroatoms. The molecule has 37 heavy (non-hydrogen) atoms. The van der Waals surface area contributed by atoms with E-state index in [1.165, 1.54) is 5.56 Å². The predicted octanol–water partition coefficient (Wildman–Crippen LogP) is 4.70. The van der Waals surface area contributed by atoms with Gasteiger partial charge in [0.15, 0.2) is 5.78 Å². The summed E-state index contributed by atoms with van der Waals surface area (Å²) in [4.78, 5) is 32.9. The first-order valence-corrected chi connectivity index (χ1v) is 13.3. The zero-order valence-corrected chi connectivity index (χ0v) is 22.7. The molecule has 2 amide bonds. The standard InChI is InChI=1S/C30H41N3O4/c1-31(2)30(25-9-6-5-7-10-25)18-16-29(17-19-30)23-32(21-24-12-14-27(37-4)15-13-24)28(35)33(29)22-26(34)11-8-20-36-3/h5-7,9-10,12-15H,8,11,16-23H2,1-4H3. The van der Waals surface area contributed by atoms with E-state index >= 15 is 0 Å². The number of ketones is 1. The minimum atomic E-state index is -0.339. The van der Waals surface area contributed by atoms with E-state index in [-0.39, 0.29) is 29.4 Å². The van der Waals surface area contributed by atoms with Crippen LogP contribution in [0.15, 0.2) is 54.6 Å². The van der Waals surface area contributed by atoms with E-state index in [0.717, 1.165) is 37.0 Å². The van der Waals surface area contributed by atoms with Crippen molar-refractivity contribution >= 4 is 11.8 Å². The molecule has 1 heterocycles. The molecule has 0 radical (unpaired) electrons. The minimum Gasteiger partial charge on any atom is -0.497 e. The van der Waals surface area contributed by atoms with E-state index in [1.54, 1.807) is 14.2 Å². The van der Waals surface area contributed by atoms with Crippen LogP contribution in [-0.2, 0) is 21.6 Å². The van der Waals surface area contributed by atoms with Gasteiger partial charge in [0.2, 0.25) is 0 Å². The van der Waals surface area contributed by atoms with Crippen LogP contribution in [-0.4, -0.2) is 80.1 Å². The van der Waals surface area contributed by atoms with Crippen LogP contribution in [0.1, 0.15) is 49.7 Å². The summed E-state index contributed by atoms with van der Waals surface area (Å²) >= 11 is 0. The van der Waals surface area contributed by atoms with Crippen molar-refractivity contribution in [3.05, 3.63) is 65.7 Å². The number of methoxy groups -OCH3 is 2. The van der Waals surface area contributed by atoms with Crippen molar-refractivity contribution in [2.45, 2.75) is 56.1 Å². The Morgan fingerprint density at radius 2 is 1.65 bits per heavy atom. The molecular formula is C30H41N3O4. The van der Waals surface area contributed by atoms with Crippen LogP contribution in [0.2, 0.25) is 0 Å². The molecule has 200 valence electrons. The summed E-state index contributed by atoms with van der Waals surface area (Å²) in [5.41, 5.74) is 1.96. The van der Waals surface area contributed by atoms with Gasteiger partial charge in [-0.2, -0.15) is 0 Å². The van der Waals surface area contributed by atoms with Crippen LogP contribution >= 0.6 is 0 Å². The molecule has 0 atom stereocenters. The fraction of sp³-hybridized carbons (Fsp3) is 0.533. The Morgan fingerprint density at radius 1 is 0.973 bits per heavy atom. The Balaban J connectivity index is 1.57. The predicted molar refractivity (Wildman–Crippen MR) is 145 cm³/mol. The van der Waals surface area contributed by atoms with Crippen molar-refractivity contribution < 1.29 is 19.1 Å². The molecule has 1 aliphatic heterocycles. The smallest absolute Gasteiger partial charge is 0.321 e. The Kier molecular flexibility index (Phi) is 8.55. The topological polar surface area (TPSA) is 62.3 Å². The molecule has 1 aliphatic carbocycles. The number of ether oxygens (including phenoxy) is 2. The molecule has 2 aromatic rings. The van der Waals surface area contributed by atoms with Gasteiger partial charge in [0.1, 0.15) is 5.75 Å². The Hall–Kier alpha value is -2.90. The van der Waals surface area contributed by atoms with Crippen molar-refractivity contribution in [2.75, 3.05) is 48.0 Å². The van der Waals surface area contributed by atoms with Crippen LogP contribution in [0.5, 0.6) is 5.75 Å². The summed E-state index contributed by atoms with van der Waals surface area (Å²) in [6, 6.07) is 18.5. The van der Waals surface area contributed by atoms with Crippen LogP contribution in [0.25, 0.3) is 0 Å². The maximum atomic E-state index is 13.8. The largest absolute Gasteiger partial charge is 0.497 e. The fourth-order valence-corrected chi connectivity index (χ4v) is 6.16. The first-order chi connectivity index (χ1) is 17.8. The number of hydrogen-bond donors (Lipinski definition) is 0. The van der Waals surface area contributed by atoms with Crippen LogP contribution in [0.3, 0.4) is 0 Å². The molecule has 4 rings (SSSR count). The maximum Gasteiger partial charge on any atom is 0.321 e. The van der Waals surface area contributed by atoms with E-state index in [0.29, 0.717) is 32.5 Å². The summed E-state index contributed by atoms with van der Waals surface area (Å²) in [6.45, 7) is 1.89. The zero-order chi connectivity index (χ0) is 26.5. The second kappa shape index (κ2) is 11.7. The summed E-state index contributed by atoms with van der Waals surface area (Å²) < 4.78 is 10.4. The van der Waals surface area contributed by atoms with Crippen molar-refractivity contribution in [1.82, 2.24) is 14.7 Å². The van der Waals surface area contributed by atoms with Crippen LogP contribution in [0.4, 0.5) is 4.79 Å².